The van der Waals surface area contributed by atoms with Crippen molar-refractivity contribution in [2.24, 2.45) is 0 Å². The summed E-state index contributed by atoms with van der Waals surface area (Å²) < 4.78 is 64.7. The molecule has 29 heavy (non-hydrogen) atoms. The van der Waals surface area contributed by atoms with E-state index in [0.717, 1.165) is 11.3 Å². The lowest BCUT2D eigenvalue weighted by Crippen LogP contribution is -2.31. The van der Waals surface area contributed by atoms with Gasteiger partial charge in [0.05, 0.1) is 4.90 Å². The highest BCUT2D eigenvalue weighted by molar-refractivity contribution is 7.93. The van der Waals surface area contributed by atoms with Crippen LogP contribution in [-0.4, -0.2) is 35.2 Å². The van der Waals surface area contributed by atoms with Gasteiger partial charge >= 0.3 is 0 Å². The van der Waals surface area contributed by atoms with Crippen molar-refractivity contribution >= 4 is 31.2 Å². The first kappa shape index (κ1) is 19.8. The first-order valence-corrected chi connectivity index (χ1v) is 12.4. The maximum atomic E-state index is 13.1. The van der Waals surface area contributed by atoms with Crippen molar-refractivity contribution in [3.8, 4) is 11.5 Å². The minimum atomic E-state index is -3.98. The summed E-state index contributed by atoms with van der Waals surface area (Å²) in [4.78, 5) is 3.93. The van der Waals surface area contributed by atoms with Gasteiger partial charge in [-0.1, -0.05) is 12.1 Å². The van der Waals surface area contributed by atoms with Crippen LogP contribution in [0, 0.1) is 0 Å². The van der Waals surface area contributed by atoms with Crippen molar-refractivity contribution in [1.82, 2.24) is 9.71 Å². The van der Waals surface area contributed by atoms with E-state index in [9.17, 15) is 16.8 Å². The zero-order chi connectivity index (χ0) is 20.5. The first-order valence-electron chi connectivity index (χ1n) is 8.44. The molecule has 0 fully saturated rings. The van der Waals surface area contributed by atoms with Gasteiger partial charge in [0.25, 0.3) is 0 Å². The zero-order valence-corrected chi connectivity index (χ0v) is 17.3. The third-order valence-electron chi connectivity index (χ3n) is 4.32. The second-order valence-corrected chi connectivity index (χ2v) is 11.2. The number of rotatable bonds is 7. The molecule has 3 heterocycles. The molecule has 1 aliphatic heterocycles. The molecule has 2 aromatic heterocycles. The SMILES string of the molecule is O=S(=O)(NCC(c1cccnc1)S(=O)(=O)c1cccs1)c1ccc2c(c1)OCO2. The standard InChI is InChI=1S/C18H16N2O6S3/c21-28(22,18-4-2-8-27-18)17(13-3-1-7-19-10-13)11-20-29(23,24)14-5-6-15-16(9-14)26-12-25-15/h1-10,17,20H,11-12H2. The van der Waals surface area contributed by atoms with E-state index >= 15 is 0 Å². The number of sulfonamides is 1. The van der Waals surface area contributed by atoms with E-state index in [1.807, 2.05) is 0 Å². The molecule has 1 atom stereocenters. The maximum absolute atomic E-state index is 13.1. The average molecular weight is 453 g/mol. The fourth-order valence-electron chi connectivity index (χ4n) is 2.85. The van der Waals surface area contributed by atoms with E-state index in [1.165, 1.54) is 36.7 Å². The summed E-state index contributed by atoms with van der Waals surface area (Å²) in [5.41, 5.74) is 0.397. The Hall–Kier alpha value is -2.47. The number of pyridine rings is 1. The Kier molecular flexibility index (Phi) is 5.30. The van der Waals surface area contributed by atoms with Crippen LogP contribution in [0.4, 0.5) is 0 Å². The lowest BCUT2D eigenvalue weighted by atomic mass is 10.2. The summed E-state index contributed by atoms with van der Waals surface area (Å²) in [6.07, 6.45) is 2.94. The third kappa shape index (κ3) is 3.99. The minimum absolute atomic E-state index is 0.0222. The fourth-order valence-corrected chi connectivity index (χ4v) is 6.87. The molecular formula is C18H16N2O6S3. The minimum Gasteiger partial charge on any atom is -0.454 e. The predicted octanol–water partition coefficient (Wildman–Crippen LogP) is 2.37. The Labute approximate surface area is 172 Å². The normalized spacial score (nSPS) is 14.6. The number of benzene rings is 1. The highest BCUT2D eigenvalue weighted by Gasteiger charge is 2.32. The number of thiophene rings is 1. The molecule has 8 nitrogen and oxygen atoms in total. The van der Waals surface area contributed by atoms with Crippen LogP contribution in [0.25, 0.3) is 0 Å². The third-order valence-corrected chi connectivity index (χ3v) is 9.27. The van der Waals surface area contributed by atoms with E-state index < -0.39 is 25.1 Å². The smallest absolute Gasteiger partial charge is 0.240 e. The van der Waals surface area contributed by atoms with Crippen molar-refractivity contribution in [2.75, 3.05) is 13.3 Å². The van der Waals surface area contributed by atoms with Gasteiger partial charge in [-0.25, -0.2) is 21.6 Å². The van der Waals surface area contributed by atoms with Gasteiger partial charge in [0.2, 0.25) is 16.8 Å². The molecule has 0 bridgehead atoms. The zero-order valence-electron chi connectivity index (χ0n) is 14.9. The van der Waals surface area contributed by atoms with Gasteiger partial charge in [-0.15, -0.1) is 11.3 Å². The predicted molar refractivity (Wildman–Crippen MR) is 106 cm³/mol. The second-order valence-electron chi connectivity index (χ2n) is 6.12. The summed E-state index contributed by atoms with van der Waals surface area (Å²) in [6.45, 7) is -0.322. The fraction of sp³-hybridized carbons (Fsp3) is 0.167. The van der Waals surface area contributed by atoms with Crippen molar-refractivity contribution in [3.05, 3.63) is 65.8 Å². The number of nitrogens with one attached hydrogen (secondary N) is 1. The van der Waals surface area contributed by atoms with Gasteiger partial charge in [0.1, 0.15) is 9.46 Å². The maximum Gasteiger partial charge on any atom is 0.240 e. The summed E-state index contributed by atoms with van der Waals surface area (Å²) in [6, 6.07) is 10.6. The molecule has 0 radical (unpaired) electrons. The molecule has 4 rings (SSSR count). The molecule has 0 saturated heterocycles. The van der Waals surface area contributed by atoms with Gasteiger partial charge in [-0.3, -0.25) is 4.98 Å². The number of hydrogen-bond donors (Lipinski definition) is 1. The Morgan fingerprint density at radius 3 is 2.62 bits per heavy atom. The van der Waals surface area contributed by atoms with Crippen molar-refractivity contribution in [2.45, 2.75) is 14.4 Å². The molecule has 152 valence electrons. The van der Waals surface area contributed by atoms with Crippen LogP contribution in [0.1, 0.15) is 10.8 Å². The quantitative estimate of drug-likeness (QED) is 0.586. The van der Waals surface area contributed by atoms with Gasteiger partial charge in [0.15, 0.2) is 21.3 Å². The molecule has 0 saturated carbocycles. The Morgan fingerprint density at radius 2 is 1.90 bits per heavy atom. The molecule has 0 spiro atoms. The highest BCUT2D eigenvalue weighted by atomic mass is 32.2. The van der Waals surface area contributed by atoms with Gasteiger partial charge in [-0.05, 0) is 35.2 Å². The van der Waals surface area contributed by atoms with E-state index in [-0.39, 0.29) is 22.4 Å². The second kappa shape index (κ2) is 7.75. The number of aromatic nitrogens is 1. The van der Waals surface area contributed by atoms with E-state index in [4.69, 9.17) is 9.47 Å². The Morgan fingerprint density at radius 1 is 1.07 bits per heavy atom. The van der Waals surface area contributed by atoms with Crippen molar-refractivity contribution in [3.63, 3.8) is 0 Å². The number of hydrogen-bond acceptors (Lipinski definition) is 8. The Bertz CT molecular complexity index is 1210. The van der Waals surface area contributed by atoms with Crippen molar-refractivity contribution in [1.29, 1.82) is 0 Å². The molecule has 1 N–H and O–H groups in total. The van der Waals surface area contributed by atoms with Crippen LogP contribution in [0.2, 0.25) is 0 Å². The van der Waals surface area contributed by atoms with E-state index in [2.05, 4.69) is 9.71 Å². The molecule has 1 unspecified atom stereocenters. The lowest BCUT2D eigenvalue weighted by Gasteiger charge is -2.18. The molecule has 0 amide bonds. The molecule has 0 aliphatic carbocycles. The largest absolute Gasteiger partial charge is 0.454 e. The topological polar surface area (TPSA) is 112 Å². The van der Waals surface area contributed by atoms with E-state index in [0.29, 0.717) is 17.1 Å². The van der Waals surface area contributed by atoms with E-state index in [1.54, 1.807) is 23.6 Å². The molecule has 1 aliphatic rings. The summed E-state index contributed by atoms with van der Waals surface area (Å²) in [5, 5.41) is 0.530. The molecule has 3 aromatic rings. The molecule has 1 aromatic carbocycles. The van der Waals surface area contributed by atoms with Crippen LogP contribution in [0.15, 0.2) is 69.3 Å². The van der Waals surface area contributed by atoms with Gasteiger partial charge < -0.3 is 9.47 Å². The van der Waals surface area contributed by atoms with Gasteiger partial charge in [-0.2, -0.15) is 0 Å². The van der Waals surface area contributed by atoms with Crippen LogP contribution in [-0.2, 0) is 19.9 Å². The van der Waals surface area contributed by atoms with Crippen LogP contribution >= 0.6 is 11.3 Å². The number of fused-ring (bicyclic) bond motifs is 1. The van der Waals surface area contributed by atoms with Crippen molar-refractivity contribution < 1.29 is 26.3 Å². The Balaban J connectivity index is 1.63. The van der Waals surface area contributed by atoms with Crippen LogP contribution < -0.4 is 14.2 Å². The summed E-state index contributed by atoms with van der Waals surface area (Å²) in [5.74, 6) is 0.778. The monoisotopic (exact) mass is 452 g/mol. The summed E-state index contributed by atoms with van der Waals surface area (Å²) >= 11 is 1.08. The first-order chi connectivity index (χ1) is 13.9. The number of sulfone groups is 1. The average Bonchev–Trinajstić information content (AvgIpc) is 3.40. The summed E-state index contributed by atoms with van der Waals surface area (Å²) in [7, 11) is -7.80. The van der Waals surface area contributed by atoms with Crippen LogP contribution in [0.3, 0.4) is 0 Å². The van der Waals surface area contributed by atoms with Gasteiger partial charge in [0, 0.05) is 25.0 Å². The molecule has 11 heteroatoms. The number of ether oxygens (including phenoxy) is 2. The highest BCUT2D eigenvalue weighted by Crippen LogP contribution is 2.34. The molecular weight excluding hydrogens is 436 g/mol. The lowest BCUT2D eigenvalue weighted by molar-refractivity contribution is 0.174. The number of nitrogens with zero attached hydrogens (tertiary/aromatic N) is 1. The van der Waals surface area contributed by atoms with Crippen LogP contribution in [0.5, 0.6) is 11.5 Å².